The molecule has 2 unspecified atom stereocenters. The van der Waals surface area contributed by atoms with Crippen molar-refractivity contribution >= 4 is 21.8 Å². The summed E-state index contributed by atoms with van der Waals surface area (Å²) in [6, 6.07) is 7.82. The van der Waals surface area contributed by atoms with Crippen molar-refractivity contribution in [2.24, 2.45) is 0 Å². The lowest BCUT2D eigenvalue weighted by molar-refractivity contribution is 0.283. The van der Waals surface area contributed by atoms with Crippen LogP contribution in [0, 0.1) is 0 Å². The Kier molecular flexibility index (Phi) is 4.78. The summed E-state index contributed by atoms with van der Waals surface area (Å²) in [5.74, 6) is 0.244. The molecule has 0 aliphatic heterocycles. The second-order valence-corrected chi connectivity index (χ2v) is 8.63. The predicted molar refractivity (Wildman–Crippen MR) is 89.3 cm³/mol. The van der Waals surface area contributed by atoms with Crippen LogP contribution in [-0.2, 0) is 10.2 Å². The summed E-state index contributed by atoms with van der Waals surface area (Å²) < 4.78 is 29.4. The number of nitrogens with one attached hydrogen (secondary N) is 1. The van der Waals surface area contributed by atoms with Gasteiger partial charge in [-0.25, -0.2) is 0 Å². The van der Waals surface area contributed by atoms with Crippen molar-refractivity contribution in [3.8, 4) is 0 Å². The SMILES string of the molecule is CN(C1CCCCC1)S(=O)(=O)NC1CC1c1cccc(Cl)c1. The molecule has 0 amide bonds. The van der Waals surface area contributed by atoms with Gasteiger partial charge in [0.25, 0.3) is 10.2 Å². The molecule has 1 aromatic carbocycles. The van der Waals surface area contributed by atoms with Crippen LogP contribution in [-0.4, -0.2) is 31.9 Å². The Hall–Kier alpha value is -0.620. The molecule has 1 aromatic rings. The lowest BCUT2D eigenvalue weighted by Gasteiger charge is -2.30. The molecule has 2 saturated carbocycles. The van der Waals surface area contributed by atoms with Gasteiger partial charge in [0, 0.05) is 30.1 Å². The third-order valence-corrected chi connectivity index (χ3v) is 6.73. The van der Waals surface area contributed by atoms with E-state index in [1.807, 2.05) is 24.3 Å². The highest BCUT2D eigenvalue weighted by atomic mass is 35.5. The molecular weight excluding hydrogens is 320 g/mol. The molecule has 0 bridgehead atoms. The van der Waals surface area contributed by atoms with Crippen molar-refractivity contribution < 1.29 is 8.42 Å². The fourth-order valence-electron chi connectivity index (χ4n) is 3.35. The van der Waals surface area contributed by atoms with Crippen LogP contribution in [0.15, 0.2) is 24.3 Å². The topological polar surface area (TPSA) is 49.4 Å². The molecule has 2 atom stereocenters. The van der Waals surface area contributed by atoms with Gasteiger partial charge >= 0.3 is 0 Å². The molecule has 0 spiro atoms. The van der Waals surface area contributed by atoms with E-state index in [1.54, 1.807) is 11.4 Å². The lowest BCUT2D eigenvalue weighted by atomic mass is 9.96. The first-order valence-electron chi connectivity index (χ1n) is 7.98. The van der Waals surface area contributed by atoms with Gasteiger partial charge in [-0.3, -0.25) is 0 Å². The van der Waals surface area contributed by atoms with Gasteiger partial charge in [-0.15, -0.1) is 0 Å². The van der Waals surface area contributed by atoms with E-state index in [0.717, 1.165) is 37.7 Å². The molecule has 1 N–H and O–H groups in total. The van der Waals surface area contributed by atoms with E-state index in [2.05, 4.69) is 4.72 Å². The van der Waals surface area contributed by atoms with E-state index >= 15 is 0 Å². The number of nitrogens with zero attached hydrogens (tertiary/aromatic N) is 1. The number of rotatable bonds is 5. The third-order valence-electron chi connectivity index (χ3n) is 4.84. The molecule has 22 heavy (non-hydrogen) atoms. The van der Waals surface area contributed by atoms with Crippen LogP contribution in [0.1, 0.15) is 50.0 Å². The Balaban J connectivity index is 1.61. The van der Waals surface area contributed by atoms with E-state index < -0.39 is 10.2 Å². The van der Waals surface area contributed by atoms with E-state index in [1.165, 1.54) is 6.42 Å². The Morgan fingerprint density at radius 3 is 2.64 bits per heavy atom. The van der Waals surface area contributed by atoms with Gasteiger partial charge in [-0.2, -0.15) is 17.4 Å². The van der Waals surface area contributed by atoms with Crippen LogP contribution in [0.25, 0.3) is 0 Å². The third kappa shape index (κ3) is 3.65. The van der Waals surface area contributed by atoms with E-state index in [4.69, 9.17) is 11.6 Å². The molecule has 0 radical (unpaired) electrons. The van der Waals surface area contributed by atoms with Crippen molar-refractivity contribution in [3.05, 3.63) is 34.9 Å². The summed E-state index contributed by atoms with van der Waals surface area (Å²) >= 11 is 6.00. The van der Waals surface area contributed by atoms with Crippen molar-refractivity contribution in [3.63, 3.8) is 0 Å². The van der Waals surface area contributed by atoms with Crippen LogP contribution in [0.5, 0.6) is 0 Å². The summed E-state index contributed by atoms with van der Waals surface area (Å²) in [5.41, 5.74) is 1.11. The highest BCUT2D eigenvalue weighted by molar-refractivity contribution is 7.87. The van der Waals surface area contributed by atoms with E-state index in [9.17, 15) is 8.42 Å². The first kappa shape index (κ1) is 16.2. The molecule has 3 rings (SSSR count). The summed E-state index contributed by atoms with van der Waals surface area (Å²) in [7, 11) is -1.69. The Morgan fingerprint density at radius 1 is 1.23 bits per heavy atom. The van der Waals surface area contributed by atoms with Gasteiger partial charge < -0.3 is 0 Å². The molecule has 2 fully saturated rings. The fraction of sp³-hybridized carbons (Fsp3) is 0.625. The van der Waals surface area contributed by atoms with Gasteiger partial charge in [0.15, 0.2) is 0 Å². The average Bonchev–Trinajstić information content (AvgIpc) is 3.26. The maximum atomic E-state index is 12.5. The predicted octanol–water partition coefficient (Wildman–Crippen LogP) is 3.29. The minimum Gasteiger partial charge on any atom is -0.198 e. The lowest BCUT2D eigenvalue weighted by Crippen LogP contribution is -2.45. The highest BCUT2D eigenvalue weighted by Gasteiger charge is 2.42. The monoisotopic (exact) mass is 342 g/mol. The number of halogens is 1. The summed E-state index contributed by atoms with van der Waals surface area (Å²) in [6.45, 7) is 0. The van der Waals surface area contributed by atoms with Gasteiger partial charge in [0.05, 0.1) is 0 Å². The second kappa shape index (κ2) is 6.48. The first-order valence-corrected chi connectivity index (χ1v) is 9.80. The van der Waals surface area contributed by atoms with Crippen LogP contribution in [0.3, 0.4) is 0 Å². The minimum absolute atomic E-state index is 0.00509. The van der Waals surface area contributed by atoms with Crippen LogP contribution >= 0.6 is 11.6 Å². The van der Waals surface area contributed by atoms with Crippen molar-refractivity contribution in [2.45, 2.75) is 56.5 Å². The molecule has 2 aliphatic rings. The molecule has 0 aromatic heterocycles. The molecule has 0 saturated heterocycles. The zero-order valence-corrected chi connectivity index (χ0v) is 14.4. The van der Waals surface area contributed by atoms with E-state index in [-0.39, 0.29) is 18.0 Å². The maximum Gasteiger partial charge on any atom is 0.279 e. The largest absolute Gasteiger partial charge is 0.279 e. The van der Waals surface area contributed by atoms with Gasteiger partial charge in [-0.1, -0.05) is 43.0 Å². The maximum absolute atomic E-state index is 12.5. The molecule has 4 nitrogen and oxygen atoms in total. The van der Waals surface area contributed by atoms with E-state index in [0.29, 0.717) is 5.02 Å². The van der Waals surface area contributed by atoms with Crippen molar-refractivity contribution in [2.75, 3.05) is 7.05 Å². The molecule has 122 valence electrons. The van der Waals surface area contributed by atoms with Crippen LogP contribution < -0.4 is 4.72 Å². The Bertz CT molecular complexity index is 629. The van der Waals surface area contributed by atoms with Crippen LogP contribution in [0.2, 0.25) is 5.02 Å². The summed E-state index contributed by atoms with van der Waals surface area (Å²) in [4.78, 5) is 0. The number of hydrogen-bond donors (Lipinski definition) is 1. The quantitative estimate of drug-likeness (QED) is 0.892. The smallest absolute Gasteiger partial charge is 0.198 e. The normalized spacial score (nSPS) is 26.3. The minimum atomic E-state index is -3.40. The van der Waals surface area contributed by atoms with Gasteiger partial charge in [0.2, 0.25) is 0 Å². The average molecular weight is 343 g/mol. The van der Waals surface area contributed by atoms with Crippen LogP contribution in [0.4, 0.5) is 0 Å². The van der Waals surface area contributed by atoms with Crippen molar-refractivity contribution in [1.29, 1.82) is 0 Å². The number of hydrogen-bond acceptors (Lipinski definition) is 2. The molecule has 2 aliphatic carbocycles. The summed E-state index contributed by atoms with van der Waals surface area (Å²) in [5, 5.41) is 0.699. The van der Waals surface area contributed by atoms with Crippen molar-refractivity contribution in [1.82, 2.24) is 9.03 Å². The zero-order chi connectivity index (χ0) is 15.7. The second-order valence-electron chi connectivity index (χ2n) is 6.43. The summed E-state index contributed by atoms with van der Waals surface area (Å²) in [6.07, 6.45) is 6.26. The standard InChI is InChI=1S/C16H23ClN2O2S/c1-19(14-8-3-2-4-9-14)22(20,21)18-16-11-15(16)12-6-5-7-13(17)10-12/h5-7,10,14-16,18H,2-4,8-9,11H2,1H3. The van der Waals surface area contributed by atoms with Gasteiger partial charge in [0.1, 0.15) is 0 Å². The Labute approximate surface area is 138 Å². The highest BCUT2D eigenvalue weighted by Crippen LogP contribution is 2.42. The molecule has 0 heterocycles. The zero-order valence-electron chi connectivity index (χ0n) is 12.8. The first-order chi connectivity index (χ1) is 10.5. The number of benzene rings is 1. The Morgan fingerprint density at radius 2 is 1.95 bits per heavy atom. The fourth-order valence-corrected chi connectivity index (χ4v) is 4.96. The molecular formula is C16H23ClN2O2S. The van der Waals surface area contributed by atoms with Gasteiger partial charge in [-0.05, 0) is 37.0 Å². The molecule has 6 heteroatoms.